The zero-order valence-corrected chi connectivity index (χ0v) is 32.2. The van der Waals surface area contributed by atoms with Crippen molar-refractivity contribution in [2.75, 3.05) is 56.6 Å². The fourth-order valence-electron chi connectivity index (χ4n) is 7.94. The van der Waals surface area contributed by atoms with Crippen LogP contribution < -0.4 is 21.6 Å². The van der Waals surface area contributed by atoms with E-state index in [1.165, 1.54) is 18.3 Å². The van der Waals surface area contributed by atoms with E-state index in [0.717, 1.165) is 70.2 Å². The van der Waals surface area contributed by atoms with Gasteiger partial charge in [-0.25, -0.2) is 4.39 Å². The van der Waals surface area contributed by atoms with Crippen molar-refractivity contribution in [3.63, 3.8) is 0 Å². The van der Waals surface area contributed by atoms with E-state index >= 15 is 0 Å². The first-order valence-electron chi connectivity index (χ1n) is 18.4. The molecule has 2 unspecified atom stereocenters. The van der Waals surface area contributed by atoms with Crippen LogP contribution in [0.2, 0.25) is 10.0 Å². The third kappa shape index (κ3) is 8.00. The van der Waals surface area contributed by atoms with Crippen LogP contribution in [-0.4, -0.2) is 83.4 Å². The molecule has 280 valence electrons. The number of hydrogen-bond acceptors (Lipinski definition) is 10. The molecule has 0 bridgehead atoms. The Morgan fingerprint density at radius 1 is 1.08 bits per heavy atom. The summed E-state index contributed by atoms with van der Waals surface area (Å²) in [6.45, 7) is 15.4. The van der Waals surface area contributed by atoms with E-state index in [0.29, 0.717) is 38.9 Å². The number of nitrogens with zero attached hydrogens (tertiary/aromatic N) is 5. The van der Waals surface area contributed by atoms with Gasteiger partial charge >= 0.3 is 0 Å². The van der Waals surface area contributed by atoms with Crippen LogP contribution in [0.15, 0.2) is 72.7 Å². The van der Waals surface area contributed by atoms with Crippen LogP contribution in [-0.2, 0) is 4.74 Å². The van der Waals surface area contributed by atoms with Crippen molar-refractivity contribution in [2.45, 2.75) is 58.2 Å². The minimum absolute atomic E-state index is 0.0238. The van der Waals surface area contributed by atoms with Crippen LogP contribution in [0.25, 0.3) is 10.9 Å². The second-order valence-electron chi connectivity index (χ2n) is 15.6. The summed E-state index contributed by atoms with van der Waals surface area (Å²) in [5.41, 5.74) is 10.5. The number of allylic oxidation sites excluding steroid dienone is 2. The maximum atomic E-state index is 14.0. The van der Waals surface area contributed by atoms with Gasteiger partial charge in [0.15, 0.2) is 0 Å². The average molecular weight is 761 g/mol. The highest BCUT2D eigenvalue weighted by Gasteiger charge is 2.44. The van der Waals surface area contributed by atoms with E-state index in [4.69, 9.17) is 27.9 Å². The number of likely N-dealkylation sites (tertiary alicyclic amines) is 1. The quantitative estimate of drug-likeness (QED) is 0.175. The molecule has 0 radical (unpaired) electrons. The molecule has 1 aliphatic carbocycles. The molecule has 2 fully saturated rings. The fraction of sp³-hybridized carbons (Fsp3) is 0.450. The van der Waals surface area contributed by atoms with E-state index in [2.05, 4.69) is 106 Å². The summed E-state index contributed by atoms with van der Waals surface area (Å²) in [6.07, 6.45) is 14.7. The lowest BCUT2D eigenvalue weighted by Gasteiger charge is -2.45. The fourth-order valence-corrected chi connectivity index (χ4v) is 8.39. The van der Waals surface area contributed by atoms with E-state index in [1.807, 2.05) is 12.1 Å². The van der Waals surface area contributed by atoms with Crippen LogP contribution in [0.1, 0.15) is 46.1 Å². The van der Waals surface area contributed by atoms with Gasteiger partial charge in [0, 0.05) is 84.8 Å². The largest absolute Gasteiger partial charge is 0.379 e. The number of benzene rings is 2. The van der Waals surface area contributed by atoms with Crippen molar-refractivity contribution in [3.05, 3.63) is 94.2 Å². The zero-order valence-electron chi connectivity index (χ0n) is 30.7. The molecule has 3 aliphatic heterocycles. The molecule has 7 rings (SSSR count). The number of hydrogen-bond donors (Lipinski definition) is 4. The van der Waals surface area contributed by atoms with Gasteiger partial charge in [-0.1, -0.05) is 54.4 Å². The first-order chi connectivity index (χ1) is 25.4. The highest BCUT2D eigenvalue weighted by Crippen LogP contribution is 2.43. The zero-order chi connectivity index (χ0) is 37.3. The predicted octanol–water partition coefficient (Wildman–Crippen LogP) is 7.59. The number of nitrogens with one attached hydrogen (secondary N) is 4. The standard InChI is InChI=1S/C40H48Cl2FN9O/c1-39(2,3)51-13-10-30(11-14-51)52-25-35(48-49-52)38(40(4)12-6-5-7-27(40)24-50-15-17-53-18-16-50)47-29-19-31-36(46-28-8-9-34(43)32(41)20-28)26(22-44)23-45-37(31)33(42)21-29/h5-9,12,19-21,23,25,27,30,38,47-49H,10-11,13-18,24H2,1-4H3,(H,45,46)/t27?,38-,40?/m1/s1. The molecule has 3 atom stereocenters. The Morgan fingerprint density at radius 2 is 1.83 bits per heavy atom. The first kappa shape index (κ1) is 37.4. The van der Waals surface area contributed by atoms with Gasteiger partial charge in [-0.15, -0.1) is 5.53 Å². The van der Waals surface area contributed by atoms with E-state index < -0.39 is 5.82 Å². The van der Waals surface area contributed by atoms with E-state index in [1.54, 1.807) is 6.07 Å². The van der Waals surface area contributed by atoms with Crippen LogP contribution in [0.3, 0.4) is 0 Å². The number of ether oxygens (including phenoxy) is 1. The summed E-state index contributed by atoms with van der Waals surface area (Å²) < 4.78 is 19.7. The van der Waals surface area contributed by atoms with Crippen molar-refractivity contribution in [1.82, 2.24) is 30.8 Å². The third-order valence-electron chi connectivity index (χ3n) is 11.2. The van der Waals surface area contributed by atoms with Crippen LogP contribution >= 0.6 is 23.2 Å². The number of fused-ring (bicyclic) bond motifs is 1. The lowest BCUT2D eigenvalue weighted by atomic mass is 9.67. The summed E-state index contributed by atoms with van der Waals surface area (Å²) in [6, 6.07) is 10.6. The summed E-state index contributed by atoms with van der Waals surface area (Å²) in [4.78, 5) is 9.60. The van der Waals surface area contributed by atoms with Gasteiger partial charge in [0.25, 0.3) is 0 Å². The number of aromatic nitrogens is 1. The summed E-state index contributed by atoms with van der Waals surface area (Å²) in [7, 11) is 0. The number of halogens is 3. The number of piperidine rings is 1. The number of hydrazine groups is 2. The number of rotatable bonds is 9. The average Bonchev–Trinajstić information content (AvgIpc) is 3.63. The first-order valence-corrected chi connectivity index (χ1v) is 19.1. The van der Waals surface area contributed by atoms with Crippen LogP contribution in [0.4, 0.5) is 21.5 Å². The molecule has 4 heterocycles. The lowest BCUT2D eigenvalue weighted by Crippen LogP contribution is -2.53. The number of pyridine rings is 1. The molecule has 10 nitrogen and oxygen atoms in total. The van der Waals surface area contributed by atoms with Crippen molar-refractivity contribution in [3.8, 4) is 6.07 Å². The van der Waals surface area contributed by atoms with Crippen molar-refractivity contribution < 1.29 is 9.13 Å². The van der Waals surface area contributed by atoms with Gasteiger partial charge in [0.05, 0.1) is 51.8 Å². The molecular weight excluding hydrogens is 712 g/mol. The number of anilines is 3. The topological polar surface area (TPSA) is 104 Å². The monoisotopic (exact) mass is 759 g/mol. The second-order valence-corrected chi connectivity index (χ2v) is 16.4. The number of nitriles is 1. The molecule has 2 aromatic carbocycles. The molecule has 0 saturated carbocycles. The maximum absolute atomic E-state index is 14.0. The van der Waals surface area contributed by atoms with Crippen molar-refractivity contribution in [1.29, 1.82) is 5.26 Å². The van der Waals surface area contributed by atoms with Gasteiger partial charge in [0.1, 0.15) is 11.9 Å². The van der Waals surface area contributed by atoms with Crippen molar-refractivity contribution in [2.24, 2.45) is 11.3 Å². The molecule has 3 aromatic rings. The third-order valence-corrected chi connectivity index (χ3v) is 11.7. The normalized spacial score (nSPS) is 23.5. The van der Waals surface area contributed by atoms with Gasteiger partial charge in [-0.3, -0.25) is 19.8 Å². The predicted molar refractivity (Wildman–Crippen MR) is 211 cm³/mol. The van der Waals surface area contributed by atoms with Gasteiger partial charge < -0.3 is 20.8 Å². The van der Waals surface area contributed by atoms with E-state index in [-0.39, 0.29) is 27.9 Å². The molecule has 1 aromatic heterocycles. The maximum Gasteiger partial charge on any atom is 0.141 e. The summed E-state index contributed by atoms with van der Waals surface area (Å²) in [5, 5.41) is 20.6. The molecule has 0 amide bonds. The molecular formula is C40H48Cl2FN9O. The van der Waals surface area contributed by atoms with Crippen molar-refractivity contribution >= 4 is 51.2 Å². The Balaban J connectivity index is 1.26. The minimum atomic E-state index is -0.525. The van der Waals surface area contributed by atoms with Gasteiger partial charge in [-0.2, -0.15) is 5.26 Å². The number of morpholine rings is 1. The van der Waals surface area contributed by atoms with E-state index in [9.17, 15) is 9.65 Å². The second kappa shape index (κ2) is 15.5. The molecule has 4 aliphatic rings. The summed E-state index contributed by atoms with van der Waals surface area (Å²) >= 11 is 13.1. The van der Waals surface area contributed by atoms with Crippen LogP contribution in [0.5, 0.6) is 0 Å². The Morgan fingerprint density at radius 3 is 2.55 bits per heavy atom. The van der Waals surface area contributed by atoms with Gasteiger partial charge in [0.2, 0.25) is 0 Å². The van der Waals surface area contributed by atoms with Crippen LogP contribution in [0, 0.1) is 28.5 Å². The Hall–Kier alpha value is -3.89. The molecule has 0 spiro atoms. The minimum Gasteiger partial charge on any atom is -0.379 e. The Kier molecular flexibility index (Phi) is 10.9. The molecule has 13 heteroatoms. The summed E-state index contributed by atoms with van der Waals surface area (Å²) in [5.74, 6) is -0.346. The molecule has 2 saturated heterocycles. The van der Waals surface area contributed by atoms with Gasteiger partial charge in [-0.05, 0) is 63.9 Å². The highest BCUT2D eigenvalue weighted by atomic mass is 35.5. The molecule has 53 heavy (non-hydrogen) atoms. The SMILES string of the molecule is CC1([C@H](Nc2cc(Cl)c3ncc(C#N)c(Nc4ccc(F)c(Cl)c4)c3c2)C2=CN(C3CCN(C(C)(C)C)CC3)NN2)C=CC=CC1CN1CCOCC1. The molecule has 4 N–H and O–H groups in total. The lowest BCUT2D eigenvalue weighted by molar-refractivity contribution is 0.0257. The highest BCUT2D eigenvalue weighted by molar-refractivity contribution is 6.36. The Bertz CT molecular complexity index is 1960. The smallest absolute Gasteiger partial charge is 0.141 e. The Labute approximate surface area is 321 Å².